The summed E-state index contributed by atoms with van der Waals surface area (Å²) in [5, 5.41) is 2.30. The second-order valence-corrected chi connectivity index (χ2v) is 8.45. The number of amides is 1. The van der Waals surface area contributed by atoms with Gasteiger partial charge in [-0.3, -0.25) is 4.79 Å². The van der Waals surface area contributed by atoms with Crippen molar-refractivity contribution in [2.45, 2.75) is 24.9 Å². The summed E-state index contributed by atoms with van der Waals surface area (Å²) in [6, 6.07) is 0. The Kier molecular flexibility index (Phi) is 7.41. The molecule has 11 heteroatoms. The molecule has 1 amide bonds. The number of hydrogen-bond donors (Lipinski definition) is 1. The molecule has 0 saturated heterocycles. The largest absolute Gasteiger partial charge is 0.453 e. The molecule has 23 heavy (non-hydrogen) atoms. The number of alkyl halides is 5. The topological polar surface area (TPSA) is 63.2 Å². The molecule has 138 valence electrons. The van der Waals surface area contributed by atoms with Gasteiger partial charge in [0.05, 0.1) is 33.4 Å². The minimum atomic E-state index is -5.81. The number of nitrogens with one attached hydrogen (secondary N) is 1. The van der Waals surface area contributed by atoms with Gasteiger partial charge in [-0.2, -0.15) is 22.0 Å². The predicted octanol–water partition coefficient (Wildman–Crippen LogP) is 1.20. The Morgan fingerprint density at radius 3 is 2.04 bits per heavy atom. The van der Waals surface area contributed by atoms with E-state index in [1.54, 1.807) is 0 Å². The van der Waals surface area contributed by atoms with Gasteiger partial charge in [-0.15, -0.1) is 0 Å². The minimum Gasteiger partial charge on any atom is -0.355 e. The first-order valence-corrected chi connectivity index (χ1v) is 8.60. The third-order valence-corrected chi connectivity index (χ3v) is 4.35. The molecule has 1 N–H and O–H groups in total. The van der Waals surface area contributed by atoms with E-state index in [1.165, 1.54) is 0 Å². The van der Waals surface area contributed by atoms with E-state index >= 15 is 0 Å². The number of hydrogen-bond acceptors (Lipinski definition) is 3. The van der Waals surface area contributed by atoms with Crippen molar-refractivity contribution in [3.05, 3.63) is 0 Å². The third kappa shape index (κ3) is 9.69. The fraction of sp³-hybridized carbons (Fsp3) is 0.917. The van der Waals surface area contributed by atoms with Crippen LogP contribution in [0, 0.1) is 0 Å². The van der Waals surface area contributed by atoms with E-state index in [-0.39, 0.29) is 6.54 Å². The van der Waals surface area contributed by atoms with Crippen molar-refractivity contribution in [3.8, 4) is 0 Å². The molecule has 0 aliphatic rings. The maximum Gasteiger partial charge on any atom is 0.453 e. The summed E-state index contributed by atoms with van der Waals surface area (Å²) in [5.74, 6) is -8.53. The Hall–Kier alpha value is -0.970. The van der Waals surface area contributed by atoms with Gasteiger partial charge in [0.1, 0.15) is 5.75 Å². The van der Waals surface area contributed by atoms with E-state index in [1.807, 2.05) is 21.1 Å². The molecular weight excluding hydrogens is 347 g/mol. The van der Waals surface area contributed by atoms with Gasteiger partial charge in [-0.25, -0.2) is 8.42 Å². The number of rotatable bonds is 9. The number of nitrogens with zero attached hydrogens (tertiary/aromatic N) is 1. The molecule has 0 aromatic rings. The molecule has 5 nitrogen and oxygen atoms in total. The molecule has 0 spiro atoms. The highest BCUT2D eigenvalue weighted by Gasteiger charge is 2.57. The fourth-order valence-electron chi connectivity index (χ4n) is 1.53. The molecule has 0 aromatic heterocycles. The molecule has 0 radical (unpaired) electrons. The molecule has 0 rings (SSSR count). The van der Waals surface area contributed by atoms with Crippen LogP contribution in [0.3, 0.4) is 0 Å². The van der Waals surface area contributed by atoms with Crippen molar-refractivity contribution in [1.29, 1.82) is 0 Å². The van der Waals surface area contributed by atoms with Crippen molar-refractivity contribution in [3.63, 3.8) is 0 Å². The lowest BCUT2D eigenvalue weighted by Crippen LogP contribution is -2.40. The van der Waals surface area contributed by atoms with Crippen LogP contribution >= 0.6 is 0 Å². The van der Waals surface area contributed by atoms with Crippen LogP contribution in [0.4, 0.5) is 22.0 Å². The fourth-order valence-corrected chi connectivity index (χ4v) is 2.74. The monoisotopic (exact) mass is 369 g/mol. The lowest BCUT2D eigenvalue weighted by atomic mass is 10.2. The Bertz CT molecular complexity index is 498. The molecule has 0 saturated carbocycles. The molecule has 0 unspecified atom stereocenters. The van der Waals surface area contributed by atoms with Crippen LogP contribution in [0.2, 0.25) is 0 Å². The Morgan fingerprint density at radius 2 is 1.61 bits per heavy atom. The SMILES string of the molecule is C[N+](C)(C)CCCNC(=O)CS(=O)(=O)CCC(F)(F)C(F)(F)F. The van der Waals surface area contributed by atoms with Crippen molar-refractivity contribution < 1.29 is 39.6 Å². The van der Waals surface area contributed by atoms with Gasteiger partial charge in [0.15, 0.2) is 9.84 Å². The first kappa shape index (κ1) is 22.0. The second-order valence-electron chi connectivity index (χ2n) is 6.26. The molecule has 0 aromatic carbocycles. The summed E-state index contributed by atoms with van der Waals surface area (Å²) in [7, 11) is 1.44. The maximum absolute atomic E-state index is 12.7. The van der Waals surface area contributed by atoms with E-state index in [0.717, 1.165) is 0 Å². The first-order valence-electron chi connectivity index (χ1n) is 6.78. The molecule has 0 aliphatic heterocycles. The Balaban J connectivity index is 4.29. The average molecular weight is 369 g/mol. The number of sulfone groups is 1. The van der Waals surface area contributed by atoms with Crippen molar-refractivity contribution in [1.82, 2.24) is 5.32 Å². The van der Waals surface area contributed by atoms with Crippen LogP contribution in [-0.2, 0) is 14.6 Å². The van der Waals surface area contributed by atoms with Crippen LogP contribution in [-0.4, -0.2) is 76.6 Å². The molecule has 0 aliphatic carbocycles. The predicted molar refractivity (Wildman–Crippen MR) is 74.8 cm³/mol. The number of carbonyl (C=O) groups is 1. The molecule has 0 fully saturated rings. The van der Waals surface area contributed by atoms with E-state index in [9.17, 15) is 35.2 Å². The lowest BCUT2D eigenvalue weighted by Gasteiger charge is -2.23. The number of halogens is 5. The zero-order chi connectivity index (χ0) is 18.5. The highest BCUT2D eigenvalue weighted by atomic mass is 32.2. The smallest absolute Gasteiger partial charge is 0.355 e. The highest BCUT2D eigenvalue weighted by Crippen LogP contribution is 2.38. The maximum atomic E-state index is 12.7. The average Bonchev–Trinajstić information content (AvgIpc) is 2.29. The normalized spacial score (nSPS) is 13.9. The van der Waals surface area contributed by atoms with Gasteiger partial charge in [0.2, 0.25) is 5.91 Å². The second kappa shape index (κ2) is 7.73. The minimum absolute atomic E-state index is 0.197. The molecule has 0 bridgehead atoms. The highest BCUT2D eigenvalue weighted by molar-refractivity contribution is 7.92. The van der Waals surface area contributed by atoms with Gasteiger partial charge in [0, 0.05) is 19.4 Å². The third-order valence-electron chi connectivity index (χ3n) is 2.82. The summed E-state index contributed by atoms with van der Waals surface area (Å²) in [5.41, 5.74) is 0. The van der Waals surface area contributed by atoms with Crippen molar-refractivity contribution >= 4 is 15.7 Å². The van der Waals surface area contributed by atoms with Crippen LogP contribution in [0.5, 0.6) is 0 Å². The van der Waals surface area contributed by atoms with Crippen LogP contribution < -0.4 is 5.32 Å². The molecular formula is C12H22F5N2O3S+. The summed E-state index contributed by atoms with van der Waals surface area (Å²) >= 11 is 0. The van der Waals surface area contributed by atoms with Gasteiger partial charge in [-0.05, 0) is 0 Å². The van der Waals surface area contributed by atoms with Crippen molar-refractivity contribution in [2.24, 2.45) is 0 Å². The van der Waals surface area contributed by atoms with E-state index < -0.39 is 45.8 Å². The number of quaternary nitrogens is 1. The zero-order valence-electron chi connectivity index (χ0n) is 13.2. The summed E-state index contributed by atoms with van der Waals surface area (Å²) < 4.78 is 84.7. The van der Waals surface area contributed by atoms with Crippen LogP contribution in [0.1, 0.15) is 12.8 Å². The standard InChI is InChI=1S/C12H21F5N2O3S/c1-19(2,3)7-4-6-18-10(20)9-23(21,22)8-5-11(13,14)12(15,16)17/h4-9H2,1-3H3/p+1. The molecule has 0 heterocycles. The van der Waals surface area contributed by atoms with Crippen LogP contribution in [0.15, 0.2) is 0 Å². The Labute approximate surface area is 132 Å². The van der Waals surface area contributed by atoms with E-state index in [4.69, 9.17) is 0 Å². The van der Waals surface area contributed by atoms with Crippen molar-refractivity contribution in [2.75, 3.05) is 45.7 Å². The summed E-state index contributed by atoms with van der Waals surface area (Å²) in [6.07, 6.45) is -7.13. The van der Waals surface area contributed by atoms with Gasteiger partial charge in [-0.1, -0.05) is 0 Å². The Morgan fingerprint density at radius 1 is 1.09 bits per heavy atom. The summed E-state index contributed by atoms with van der Waals surface area (Å²) in [4.78, 5) is 11.4. The van der Waals surface area contributed by atoms with Gasteiger partial charge in [0.25, 0.3) is 0 Å². The quantitative estimate of drug-likeness (QED) is 0.377. The van der Waals surface area contributed by atoms with Crippen LogP contribution in [0.25, 0.3) is 0 Å². The number of carbonyl (C=O) groups excluding carboxylic acids is 1. The van der Waals surface area contributed by atoms with Gasteiger partial charge >= 0.3 is 12.1 Å². The zero-order valence-corrected chi connectivity index (χ0v) is 14.0. The van der Waals surface area contributed by atoms with E-state index in [0.29, 0.717) is 17.4 Å². The summed E-state index contributed by atoms with van der Waals surface area (Å²) in [6.45, 7) is 0.910. The lowest BCUT2D eigenvalue weighted by molar-refractivity contribution is -0.870. The molecule has 0 atom stereocenters. The van der Waals surface area contributed by atoms with E-state index in [2.05, 4.69) is 5.32 Å². The van der Waals surface area contributed by atoms with Gasteiger partial charge < -0.3 is 9.80 Å². The first-order chi connectivity index (χ1) is 10.1.